The van der Waals surface area contributed by atoms with E-state index >= 15 is 0 Å². The third-order valence-electron chi connectivity index (χ3n) is 4.07. The molecule has 9 heteroatoms. The summed E-state index contributed by atoms with van der Waals surface area (Å²) < 4.78 is 10.5. The van der Waals surface area contributed by atoms with Gasteiger partial charge in [0.25, 0.3) is 0 Å². The van der Waals surface area contributed by atoms with E-state index < -0.39 is 36.9 Å². The molecule has 27 heavy (non-hydrogen) atoms. The van der Waals surface area contributed by atoms with Gasteiger partial charge < -0.3 is 30.3 Å². The Kier molecular flexibility index (Phi) is 8.18. The van der Waals surface area contributed by atoms with E-state index in [9.17, 15) is 19.5 Å². The highest BCUT2D eigenvalue weighted by atomic mass is 16.5. The zero-order chi connectivity index (χ0) is 19.6. The predicted octanol–water partition coefficient (Wildman–Crippen LogP) is -0.422. The number of rotatable bonds is 10. The lowest BCUT2D eigenvalue weighted by Crippen LogP contribution is -2.45. The Balaban J connectivity index is 1.84. The second-order valence-corrected chi connectivity index (χ2v) is 6.13. The first kappa shape index (κ1) is 20.8. The number of ketones is 1. The van der Waals surface area contributed by atoms with Gasteiger partial charge in [0.1, 0.15) is 18.4 Å². The maximum absolute atomic E-state index is 12.4. The van der Waals surface area contributed by atoms with Gasteiger partial charge in [0.2, 0.25) is 5.91 Å². The van der Waals surface area contributed by atoms with Gasteiger partial charge in [0, 0.05) is 5.56 Å². The van der Waals surface area contributed by atoms with E-state index in [1.165, 1.54) is 24.3 Å². The van der Waals surface area contributed by atoms with Crippen LogP contribution >= 0.6 is 0 Å². The van der Waals surface area contributed by atoms with E-state index in [1.54, 1.807) is 0 Å². The number of aliphatic hydroxyl groups is 1. The fraction of sp³-hybridized carbons (Fsp3) is 0.500. The average molecular weight is 380 g/mol. The SMILES string of the molecule is O=C(O)COc1ccc(C(=O)[C@H](CO)NC(=O)COC2CCNCC2)cc1. The summed E-state index contributed by atoms with van der Waals surface area (Å²) >= 11 is 0. The summed E-state index contributed by atoms with van der Waals surface area (Å²) in [6, 6.07) is 4.71. The summed E-state index contributed by atoms with van der Waals surface area (Å²) in [7, 11) is 0. The lowest BCUT2D eigenvalue weighted by Gasteiger charge is -2.23. The molecule has 0 saturated carbocycles. The van der Waals surface area contributed by atoms with E-state index in [1.807, 2.05) is 0 Å². The van der Waals surface area contributed by atoms with Crippen molar-refractivity contribution in [3.63, 3.8) is 0 Å². The molecule has 1 aromatic carbocycles. The number of hydrogen-bond acceptors (Lipinski definition) is 7. The van der Waals surface area contributed by atoms with Crippen LogP contribution in [0.2, 0.25) is 0 Å². The van der Waals surface area contributed by atoms with Gasteiger partial charge in [-0.3, -0.25) is 9.59 Å². The Bertz CT molecular complexity index is 642. The number of ether oxygens (including phenoxy) is 2. The van der Waals surface area contributed by atoms with E-state index in [4.69, 9.17) is 14.6 Å². The minimum absolute atomic E-state index is 0.0126. The Morgan fingerprint density at radius 2 is 1.81 bits per heavy atom. The van der Waals surface area contributed by atoms with Crippen molar-refractivity contribution < 1.29 is 34.1 Å². The molecule has 1 aliphatic heterocycles. The van der Waals surface area contributed by atoms with Crippen LogP contribution in [0, 0.1) is 0 Å². The molecule has 148 valence electrons. The van der Waals surface area contributed by atoms with Crippen molar-refractivity contribution in [3.05, 3.63) is 29.8 Å². The fourth-order valence-electron chi connectivity index (χ4n) is 2.65. The molecule has 1 aromatic rings. The van der Waals surface area contributed by atoms with Crippen molar-refractivity contribution in [1.82, 2.24) is 10.6 Å². The first-order valence-corrected chi connectivity index (χ1v) is 8.71. The number of piperidine rings is 1. The highest BCUT2D eigenvalue weighted by molar-refractivity contribution is 6.02. The fourth-order valence-corrected chi connectivity index (χ4v) is 2.65. The van der Waals surface area contributed by atoms with Crippen molar-refractivity contribution in [2.24, 2.45) is 0 Å². The molecule has 1 heterocycles. The van der Waals surface area contributed by atoms with Crippen LogP contribution in [0.1, 0.15) is 23.2 Å². The number of carboxylic acids is 1. The first-order chi connectivity index (χ1) is 13.0. The lowest BCUT2D eigenvalue weighted by atomic mass is 10.0. The minimum Gasteiger partial charge on any atom is -0.482 e. The zero-order valence-electron chi connectivity index (χ0n) is 14.8. The largest absolute Gasteiger partial charge is 0.482 e. The van der Waals surface area contributed by atoms with Crippen LogP contribution < -0.4 is 15.4 Å². The maximum Gasteiger partial charge on any atom is 0.341 e. The molecular formula is C18H24N2O7. The van der Waals surface area contributed by atoms with E-state index in [0.29, 0.717) is 5.75 Å². The third kappa shape index (κ3) is 6.97. The molecule has 0 bridgehead atoms. The topological polar surface area (TPSA) is 134 Å². The molecule has 0 aromatic heterocycles. The molecule has 9 nitrogen and oxygen atoms in total. The van der Waals surface area contributed by atoms with Gasteiger partial charge in [-0.2, -0.15) is 0 Å². The van der Waals surface area contributed by atoms with Crippen LogP contribution in [0.15, 0.2) is 24.3 Å². The molecule has 0 unspecified atom stereocenters. The van der Waals surface area contributed by atoms with Crippen LogP contribution in [0.5, 0.6) is 5.75 Å². The summed E-state index contributed by atoms with van der Waals surface area (Å²) in [5.74, 6) is -1.74. The van der Waals surface area contributed by atoms with Crippen molar-refractivity contribution in [2.45, 2.75) is 25.0 Å². The number of benzene rings is 1. The summed E-state index contributed by atoms with van der Waals surface area (Å²) in [5.41, 5.74) is 0.260. The normalized spacial score (nSPS) is 15.7. The summed E-state index contributed by atoms with van der Waals surface area (Å²) in [6.45, 7) is 0.484. The lowest BCUT2D eigenvalue weighted by molar-refractivity contribution is -0.139. The van der Waals surface area contributed by atoms with Crippen LogP contribution in [0.4, 0.5) is 0 Å². The summed E-state index contributed by atoms with van der Waals surface area (Å²) in [6.07, 6.45) is 1.66. The number of aliphatic hydroxyl groups excluding tert-OH is 1. The number of carbonyl (C=O) groups excluding carboxylic acids is 2. The quantitative estimate of drug-likeness (QED) is 0.402. The highest BCUT2D eigenvalue weighted by Gasteiger charge is 2.22. The average Bonchev–Trinajstić information content (AvgIpc) is 2.69. The van der Waals surface area contributed by atoms with Gasteiger partial charge in [-0.25, -0.2) is 4.79 Å². The van der Waals surface area contributed by atoms with Crippen molar-refractivity contribution >= 4 is 17.7 Å². The standard InChI is InChI=1S/C18H24N2O7/c21-9-15(20-16(22)10-26-14-5-7-19-8-6-14)18(25)12-1-3-13(4-2-12)27-11-17(23)24/h1-4,14-15,19,21H,5-11H2,(H,20,22)(H,23,24)/t15-/m0/s1. The predicted molar refractivity (Wildman–Crippen MR) is 94.8 cm³/mol. The minimum atomic E-state index is -1.11. The molecule has 1 saturated heterocycles. The summed E-state index contributed by atoms with van der Waals surface area (Å²) in [4.78, 5) is 34.9. The molecule has 4 N–H and O–H groups in total. The first-order valence-electron chi connectivity index (χ1n) is 8.71. The van der Waals surface area contributed by atoms with Crippen LogP contribution in [0.25, 0.3) is 0 Å². The Morgan fingerprint density at radius 1 is 1.15 bits per heavy atom. The smallest absolute Gasteiger partial charge is 0.341 e. The number of carbonyl (C=O) groups is 3. The van der Waals surface area contributed by atoms with E-state index in [-0.39, 0.29) is 18.3 Å². The Labute approximate surface area is 156 Å². The monoisotopic (exact) mass is 380 g/mol. The second-order valence-electron chi connectivity index (χ2n) is 6.13. The molecule has 1 fully saturated rings. The number of Topliss-reactive ketones (excluding diaryl/α,β-unsaturated/α-hetero) is 1. The Morgan fingerprint density at radius 3 is 2.41 bits per heavy atom. The highest BCUT2D eigenvalue weighted by Crippen LogP contribution is 2.14. The number of aliphatic carboxylic acids is 1. The van der Waals surface area contributed by atoms with Crippen molar-refractivity contribution in [3.8, 4) is 5.75 Å². The zero-order valence-corrected chi connectivity index (χ0v) is 14.8. The Hall–Kier alpha value is -2.49. The van der Waals surface area contributed by atoms with Gasteiger partial charge in [0.15, 0.2) is 12.4 Å². The summed E-state index contributed by atoms with van der Waals surface area (Å²) in [5, 5.41) is 23.7. The van der Waals surface area contributed by atoms with Crippen LogP contribution in [-0.4, -0.2) is 72.9 Å². The van der Waals surface area contributed by atoms with Crippen molar-refractivity contribution in [2.75, 3.05) is 32.9 Å². The number of amides is 1. The van der Waals surface area contributed by atoms with Crippen LogP contribution in [-0.2, 0) is 14.3 Å². The number of carboxylic acid groups (broad SMARTS) is 1. The number of nitrogens with one attached hydrogen (secondary N) is 2. The molecular weight excluding hydrogens is 356 g/mol. The van der Waals surface area contributed by atoms with E-state index in [0.717, 1.165) is 25.9 Å². The van der Waals surface area contributed by atoms with Gasteiger partial charge in [0.05, 0.1) is 12.7 Å². The second kappa shape index (κ2) is 10.6. The van der Waals surface area contributed by atoms with Crippen molar-refractivity contribution in [1.29, 1.82) is 0 Å². The molecule has 1 atom stereocenters. The molecule has 1 aliphatic rings. The molecule has 2 rings (SSSR count). The molecule has 1 amide bonds. The molecule has 0 spiro atoms. The van der Waals surface area contributed by atoms with Gasteiger partial charge in [-0.05, 0) is 50.2 Å². The van der Waals surface area contributed by atoms with Gasteiger partial charge in [-0.15, -0.1) is 0 Å². The third-order valence-corrected chi connectivity index (χ3v) is 4.07. The van der Waals surface area contributed by atoms with Crippen LogP contribution in [0.3, 0.4) is 0 Å². The molecule has 0 aliphatic carbocycles. The van der Waals surface area contributed by atoms with Gasteiger partial charge in [-0.1, -0.05) is 0 Å². The number of hydrogen-bond donors (Lipinski definition) is 4. The van der Waals surface area contributed by atoms with Gasteiger partial charge >= 0.3 is 5.97 Å². The van der Waals surface area contributed by atoms with E-state index in [2.05, 4.69) is 10.6 Å². The maximum atomic E-state index is 12.4. The molecule has 0 radical (unpaired) electrons.